The van der Waals surface area contributed by atoms with E-state index in [0.717, 1.165) is 38.2 Å². The molecule has 2 atom stereocenters. The Bertz CT molecular complexity index is 306. The Morgan fingerprint density at radius 1 is 1.73 bits per heavy atom. The number of hydrogen-bond donors (Lipinski definition) is 1. The molecule has 0 radical (unpaired) electrons. The maximum absolute atomic E-state index is 5.97. The van der Waals surface area contributed by atoms with Gasteiger partial charge in [0.25, 0.3) is 0 Å². The number of nitrogens with zero attached hydrogens (tertiary/aromatic N) is 3. The zero-order valence-corrected chi connectivity index (χ0v) is 9.09. The molecule has 2 heterocycles. The molecular weight excluding hydrogens is 192 g/mol. The molecule has 15 heavy (non-hydrogen) atoms. The van der Waals surface area contributed by atoms with Crippen LogP contribution < -0.4 is 5.73 Å². The van der Waals surface area contributed by atoms with Crippen molar-refractivity contribution in [1.29, 1.82) is 0 Å². The molecule has 5 heteroatoms. The van der Waals surface area contributed by atoms with Crippen molar-refractivity contribution in [3.63, 3.8) is 0 Å². The van der Waals surface area contributed by atoms with Gasteiger partial charge in [-0.05, 0) is 12.8 Å². The first-order valence-electron chi connectivity index (χ1n) is 5.56. The third-order valence-corrected chi connectivity index (χ3v) is 2.79. The Balaban J connectivity index is 2.02. The van der Waals surface area contributed by atoms with Gasteiger partial charge in [0.05, 0.1) is 30.6 Å². The van der Waals surface area contributed by atoms with Crippen molar-refractivity contribution in [2.24, 2.45) is 5.73 Å². The molecule has 0 saturated carbocycles. The van der Waals surface area contributed by atoms with Gasteiger partial charge in [-0.15, -0.1) is 5.10 Å². The van der Waals surface area contributed by atoms with Crippen LogP contribution in [-0.4, -0.2) is 28.2 Å². The van der Waals surface area contributed by atoms with Crippen molar-refractivity contribution in [3.05, 3.63) is 11.9 Å². The lowest BCUT2D eigenvalue weighted by atomic mass is 10.1. The summed E-state index contributed by atoms with van der Waals surface area (Å²) in [6.45, 7) is 3.68. The Hall–Kier alpha value is -0.940. The molecule has 84 valence electrons. The second-order valence-electron chi connectivity index (χ2n) is 4.04. The quantitative estimate of drug-likeness (QED) is 0.806. The van der Waals surface area contributed by atoms with Gasteiger partial charge in [-0.25, -0.2) is 4.68 Å². The van der Waals surface area contributed by atoms with E-state index >= 15 is 0 Å². The predicted octanol–water partition coefficient (Wildman–Crippen LogP) is 1.04. The minimum Gasteiger partial charge on any atom is -0.379 e. The van der Waals surface area contributed by atoms with E-state index in [-0.39, 0.29) is 6.04 Å². The Morgan fingerprint density at radius 2 is 2.60 bits per heavy atom. The number of nitrogens with two attached hydrogens (primary N) is 1. The normalized spacial score (nSPS) is 23.2. The highest BCUT2D eigenvalue weighted by molar-refractivity contribution is 5.00. The number of aromatic nitrogens is 3. The van der Waals surface area contributed by atoms with Gasteiger partial charge in [0, 0.05) is 6.61 Å². The zero-order valence-electron chi connectivity index (χ0n) is 9.09. The number of ether oxygens (including phenoxy) is 1. The summed E-state index contributed by atoms with van der Waals surface area (Å²) in [5, 5.41) is 8.22. The molecule has 2 unspecified atom stereocenters. The lowest BCUT2D eigenvalue weighted by Crippen LogP contribution is -2.11. The topological polar surface area (TPSA) is 66.0 Å². The number of rotatable bonds is 4. The van der Waals surface area contributed by atoms with Crippen LogP contribution in [-0.2, 0) is 4.74 Å². The molecule has 0 bridgehead atoms. The molecule has 0 amide bonds. The highest BCUT2D eigenvalue weighted by Gasteiger charge is 2.20. The first-order chi connectivity index (χ1) is 7.31. The maximum Gasteiger partial charge on any atom is 0.0994 e. The molecule has 5 nitrogen and oxygen atoms in total. The molecule has 1 aromatic heterocycles. The Labute approximate surface area is 89.6 Å². The van der Waals surface area contributed by atoms with Crippen molar-refractivity contribution in [3.8, 4) is 0 Å². The fraction of sp³-hybridized carbons (Fsp3) is 0.800. The SMILES string of the molecule is CCCC(N)c1cn(C2CCOC2)nn1. The van der Waals surface area contributed by atoms with Gasteiger partial charge < -0.3 is 10.5 Å². The summed E-state index contributed by atoms with van der Waals surface area (Å²) in [5.41, 5.74) is 6.86. The Kier molecular flexibility index (Phi) is 3.33. The first-order valence-corrected chi connectivity index (χ1v) is 5.56. The minimum atomic E-state index is 0.0195. The zero-order chi connectivity index (χ0) is 10.7. The van der Waals surface area contributed by atoms with Crippen LogP contribution in [0.5, 0.6) is 0 Å². The van der Waals surface area contributed by atoms with Crippen LogP contribution >= 0.6 is 0 Å². The highest BCUT2D eigenvalue weighted by atomic mass is 16.5. The molecule has 0 spiro atoms. The molecule has 0 aromatic carbocycles. The second-order valence-corrected chi connectivity index (χ2v) is 4.04. The van der Waals surface area contributed by atoms with Gasteiger partial charge in [0.2, 0.25) is 0 Å². The molecule has 1 aromatic rings. The molecule has 0 aliphatic carbocycles. The smallest absolute Gasteiger partial charge is 0.0994 e. The summed E-state index contributed by atoms with van der Waals surface area (Å²) in [6, 6.07) is 0.367. The van der Waals surface area contributed by atoms with Gasteiger partial charge in [-0.1, -0.05) is 18.6 Å². The summed E-state index contributed by atoms with van der Waals surface area (Å²) in [6.07, 6.45) is 5.01. The predicted molar refractivity (Wildman–Crippen MR) is 56.3 cm³/mol. The molecule has 1 aliphatic heterocycles. The van der Waals surface area contributed by atoms with Crippen molar-refractivity contribution in [2.75, 3.05) is 13.2 Å². The molecule has 2 rings (SSSR count). The number of hydrogen-bond acceptors (Lipinski definition) is 4. The van der Waals surface area contributed by atoms with E-state index in [2.05, 4.69) is 17.2 Å². The van der Waals surface area contributed by atoms with Crippen LogP contribution in [0.15, 0.2) is 6.20 Å². The van der Waals surface area contributed by atoms with E-state index in [1.165, 1.54) is 0 Å². The van der Waals surface area contributed by atoms with Crippen molar-refractivity contribution in [2.45, 2.75) is 38.3 Å². The van der Waals surface area contributed by atoms with Crippen LogP contribution in [0.1, 0.15) is 44.0 Å². The summed E-state index contributed by atoms with van der Waals surface area (Å²) in [4.78, 5) is 0. The first kappa shape index (κ1) is 10.6. The van der Waals surface area contributed by atoms with Crippen LogP contribution in [0, 0.1) is 0 Å². The fourth-order valence-electron chi connectivity index (χ4n) is 1.83. The van der Waals surface area contributed by atoms with Gasteiger partial charge in [0.15, 0.2) is 0 Å². The van der Waals surface area contributed by atoms with E-state index in [1.807, 2.05) is 10.9 Å². The highest BCUT2D eigenvalue weighted by Crippen LogP contribution is 2.19. The van der Waals surface area contributed by atoms with Crippen LogP contribution in [0.2, 0.25) is 0 Å². The molecule has 1 saturated heterocycles. The van der Waals surface area contributed by atoms with Gasteiger partial charge in [-0.2, -0.15) is 0 Å². The molecule has 1 fully saturated rings. The lowest BCUT2D eigenvalue weighted by molar-refractivity contribution is 0.184. The summed E-state index contributed by atoms with van der Waals surface area (Å²) < 4.78 is 7.20. The van der Waals surface area contributed by atoms with E-state index < -0.39 is 0 Å². The largest absolute Gasteiger partial charge is 0.379 e. The second kappa shape index (κ2) is 4.72. The van der Waals surface area contributed by atoms with Crippen LogP contribution in [0.4, 0.5) is 0 Å². The molecular formula is C10H18N4O. The van der Waals surface area contributed by atoms with Gasteiger partial charge in [-0.3, -0.25) is 0 Å². The average molecular weight is 210 g/mol. The summed E-state index contributed by atoms with van der Waals surface area (Å²) in [7, 11) is 0. The molecule has 2 N–H and O–H groups in total. The third kappa shape index (κ3) is 2.35. The monoisotopic (exact) mass is 210 g/mol. The molecule has 1 aliphatic rings. The third-order valence-electron chi connectivity index (χ3n) is 2.79. The van der Waals surface area contributed by atoms with Crippen molar-refractivity contribution >= 4 is 0 Å². The summed E-state index contributed by atoms with van der Waals surface area (Å²) in [5.74, 6) is 0. The van der Waals surface area contributed by atoms with Gasteiger partial charge in [0.1, 0.15) is 0 Å². The van der Waals surface area contributed by atoms with Crippen LogP contribution in [0.25, 0.3) is 0 Å². The van der Waals surface area contributed by atoms with E-state index in [0.29, 0.717) is 6.04 Å². The van der Waals surface area contributed by atoms with Crippen molar-refractivity contribution < 1.29 is 4.74 Å². The minimum absolute atomic E-state index is 0.0195. The van der Waals surface area contributed by atoms with Crippen LogP contribution in [0.3, 0.4) is 0 Å². The van der Waals surface area contributed by atoms with E-state index in [1.54, 1.807) is 0 Å². The fourth-order valence-corrected chi connectivity index (χ4v) is 1.83. The van der Waals surface area contributed by atoms with E-state index in [9.17, 15) is 0 Å². The van der Waals surface area contributed by atoms with Gasteiger partial charge >= 0.3 is 0 Å². The Morgan fingerprint density at radius 3 is 3.27 bits per heavy atom. The van der Waals surface area contributed by atoms with Crippen molar-refractivity contribution in [1.82, 2.24) is 15.0 Å². The average Bonchev–Trinajstić information content (AvgIpc) is 2.89. The summed E-state index contributed by atoms with van der Waals surface area (Å²) >= 11 is 0. The lowest BCUT2D eigenvalue weighted by Gasteiger charge is -2.07. The van der Waals surface area contributed by atoms with E-state index in [4.69, 9.17) is 10.5 Å². The standard InChI is InChI=1S/C10H18N4O/c1-2-3-9(11)10-6-14(13-12-10)8-4-5-15-7-8/h6,8-9H,2-5,7,11H2,1H3. The maximum atomic E-state index is 5.97.